The van der Waals surface area contributed by atoms with E-state index in [0.29, 0.717) is 28.8 Å². The van der Waals surface area contributed by atoms with Crippen molar-refractivity contribution in [3.63, 3.8) is 0 Å². The lowest BCUT2D eigenvalue weighted by Crippen LogP contribution is -2.30. The zero-order valence-corrected chi connectivity index (χ0v) is 14.2. The van der Waals surface area contributed by atoms with E-state index in [2.05, 4.69) is 15.3 Å². The summed E-state index contributed by atoms with van der Waals surface area (Å²) in [5.74, 6) is 0.981. The maximum Gasteiger partial charge on any atom is 0.257 e. The highest BCUT2D eigenvalue weighted by atomic mass is 35.5. The number of aromatic nitrogens is 2. The van der Waals surface area contributed by atoms with E-state index in [1.807, 2.05) is 24.3 Å². The molecule has 0 saturated carbocycles. The summed E-state index contributed by atoms with van der Waals surface area (Å²) in [4.78, 5) is 19.5. The van der Waals surface area contributed by atoms with Crippen molar-refractivity contribution in [3.05, 3.63) is 58.3 Å². The van der Waals surface area contributed by atoms with Gasteiger partial charge in [0.15, 0.2) is 6.61 Å². The van der Waals surface area contributed by atoms with Crippen LogP contribution in [0.15, 0.2) is 42.5 Å². The Morgan fingerprint density at radius 3 is 2.88 bits per heavy atom. The van der Waals surface area contributed by atoms with Crippen LogP contribution in [0, 0.1) is 0 Å². The van der Waals surface area contributed by atoms with Gasteiger partial charge in [0.2, 0.25) is 0 Å². The maximum absolute atomic E-state index is 11.8. The van der Waals surface area contributed by atoms with E-state index in [4.69, 9.17) is 27.9 Å². The third kappa shape index (κ3) is 4.19. The molecule has 2 aromatic carbocycles. The number of carbonyl (C=O) groups excluding carboxylic acids is 1. The molecule has 0 bridgehead atoms. The molecule has 0 aliphatic rings. The topological polar surface area (TPSA) is 67.0 Å². The molecule has 0 saturated heterocycles. The average molecular weight is 364 g/mol. The smallest absolute Gasteiger partial charge is 0.257 e. The average Bonchev–Trinajstić information content (AvgIpc) is 2.98. The second kappa shape index (κ2) is 7.55. The van der Waals surface area contributed by atoms with Gasteiger partial charge in [-0.2, -0.15) is 0 Å². The monoisotopic (exact) mass is 363 g/mol. The minimum absolute atomic E-state index is 0.125. The van der Waals surface area contributed by atoms with Crippen molar-refractivity contribution in [2.24, 2.45) is 0 Å². The van der Waals surface area contributed by atoms with Gasteiger partial charge < -0.3 is 15.0 Å². The van der Waals surface area contributed by atoms with Crippen LogP contribution < -0.4 is 10.1 Å². The van der Waals surface area contributed by atoms with E-state index in [-0.39, 0.29) is 12.5 Å². The van der Waals surface area contributed by atoms with Gasteiger partial charge in [-0.1, -0.05) is 35.3 Å². The Kier molecular flexibility index (Phi) is 5.23. The highest BCUT2D eigenvalue weighted by Gasteiger charge is 2.07. The number of benzene rings is 2. The molecule has 0 spiro atoms. The first-order valence-corrected chi connectivity index (χ1v) is 8.15. The number of nitrogens with one attached hydrogen (secondary N) is 2. The predicted molar refractivity (Wildman–Crippen MR) is 94.8 cm³/mol. The Labute approximate surface area is 148 Å². The molecule has 1 aromatic heterocycles. The van der Waals surface area contributed by atoms with Crippen molar-refractivity contribution in [1.29, 1.82) is 0 Å². The molecule has 7 heteroatoms. The molecule has 0 atom stereocenters. The highest BCUT2D eigenvalue weighted by Crippen LogP contribution is 2.27. The van der Waals surface area contributed by atoms with E-state index in [9.17, 15) is 4.79 Å². The van der Waals surface area contributed by atoms with Crippen LogP contribution in [0.2, 0.25) is 10.0 Å². The predicted octanol–water partition coefficient (Wildman–Crippen LogP) is 3.61. The molecule has 0 unspecified atom stereocenters. The Hall–Kier alpha value is -2.24. The first kappa shape index (κ1) is 16.6. The van der Waals surface area contributed by atoms with Crippen LogP contribution in [0.1, 0.15) is 5.82 Å². The third-order valence-electron chi connectivity index (χ3n) is 3.37. The van der Waals surface area contributed by atoms with E-state index < -0.39 is 0 Å². The number of nitrogens with zero attached hydrogens (tertiary/aromatic N) is 1. The zero-order valence-electron chi connectivity index (χ0n) is 12.7. The van der Waals surface area contributed by atoms with E-state index in [1.165, 1.54) is 0 Å². The lowest BCUT2D eigenvalue weighted by Gasteiger charge is -2.08. The van der Waals surface area contributed by atoms with Crippen LogP contribution in [0.25, 0.3) is 11.0 Å². The number of carbonyl (C=O) groups is 1. The van der Waals surface area contributed by atoms with Crippen molar-refractivity contribution in [2.75, 3.05) is 13.2 Å². The number of ether oxygens (including phenoxy) is 1. The Balaban J connectivity index is 1.46. The Bertz CT molecular complexity index is 831. The molecule has 2 N–H and O–H groups in total. The lowest BCUT2D eigenvalue weighted by atomic mass is 10.3. The fourth-order valence-electron chi connectivity index (χ4n) is 2.23. The number of H-pyrrole nitrogens is 1. The number of aromatic amines is 1. The van der Waals surface area contributed by atoms with E-state index in [1.54, 1.807) is 18.2 Å². The SMILES string of the molecule is O=C(COc1cc(Cl)ccc1Cl)NCCc1nc2ccccc2[nH]1. The minimum Gasteiger partial charge on any atom is -0.482 e. The van der Waals surface area contributed by atoms with Gasteiger partial charge >= 0.3 is 0 Å². The molecule has 0 fully saturated rings. The van der Waals surface area contributed by atoms with Gasteiger partial charge in [-0.15, -0.1) is 0 Å². The normalized spacial score (nSPS) is 10.8. The number of rotatable bonds is 6. The molecule has 24 heavy (non-hydrogen) atoms. The summed E-state index contributed by atoms with van der Waals surface area (Å²) in [6, 6.07) is 12.6. The number of halogens is 2. The molecular weight excluding hydrogens is 349 g/mol. The van der Waals surface area contributed by atoms with Crippen LogP contribution in [-0.4, -0.2) is 29.0 Å². The van der Waals surface area contributed by atoms with Crippen molar-refractivity contribution in [1.82, 2.24) is 15.3 Å². The Morgan fingerprint density at radius 2 is 2.04 bits per heavy atom. The molecule has 124 valence electrons. The molecule has 0 aliphatic heterocycles. The lowest BCUT2D eigenvalue weighted by molar-refractivity contribution is -0.123. The second-order valence-electron chi connectivity index (χ2n) is 5.16. The number of para-hydroxylation sites is 2. The summed E-state index contributed by atoms with van der Waals surface area (Å²) in [5.41, 5.74) is 1.90. The number of hydrogen-bond donors (Lipinski definition) is 2. The summed E-state index contributed by atoms with van der Waals surface area (Å²) >= 11 is 11.8. The zero-order chi connectivity index (χ0) is 16.9. The van der Waals surface area contributed by atoms with Gasteiger partial charge in [-0.25, -0.2) is 4.98 Å². The molecule has 3 rings (SSSR count). The summed E-state index contributed by atoms with van der Waals surface area (Å²) in [6.07, 6.45) is 0.609. The van der Waals surface area contributed by atoms with Crippen LogP contribution in [0.3, 0.4) is 0 Å². The molecule has 3 aromatic rings. The summed E-state index contributed by atoms with van der Waals surface area (Å²) < 4.78 is 5.38. The molecule has 1 heterocycles. The molecule has 0 radical (unpaired) electrons. The third-order valence-corrected chi connectivity index (χ3v) is 3.92. The molecule has 1 amide bonds. The summed E-state index contributed by atoms with van der Waals surface area (Å²) in [7, 11) is 0. The van der Waals surface area contributed by atoms with Gasteiger partial charge in [0.05, 0.1) is 16.1 Å². The second-order valence-corrected chi connectivity index (χ2v) is 6.01. The van der Waals surface area contributed by atoms with Crippen LogP contribution in [-0.2, 0) is 11.2 Å². The quantitative estimate of drug-likeness (QED) is 0.702. The van der Waals surface area contributed by atoms with Gasteiger partial charge in [-0.05, 0) is 24.3 Å². The van der Waals surface area contributed by atoms with Crippen molar-refractivity contribution < 1.29 is 9.53 Å². The first-order chi connectivity index (χ1) is 11.6. The van der Waals surface area contributed by atoms with E-state index in [0.717, 1.165) is 16.9 Å². The number of fused-ring (bicyclic) bond motifs is 1. The van der Waals surface area contributed by atoms with Crippen LogP contribution in [0.5, 0.6) is 5.75 Å². The standard InChI is InChI=1S/C17H15Cl2N3O2/c18-11-5-6-12(19)15(9-11)24-10-17(23)20-8-7-16-21-13-3-1-2-4-14(13)22-16/h1-6,9H,7-8,10H2,(H,20,23)(H,21,22). The van der Waals surface area contributed by atoms with Crippen LogP contribution in [0.4, 0.5) is 0 Å². The minimum atomic E-state index is -0.234. The van der Waals surface area contributed by atoms with Gasteiger partial charge in [-0.3, -0.25) is 4.79 Å². The van der Waals surface area contributed by atoms with Gasteiger partial charge in [0.25, 0.3) is 5.91 Å². The largest absolute Gasteiger partial charge is 0.482 e. The van der Waals surface area contributed by atoms with Crippen molar-refractivity contribution >= 4 is 40.1 Å². The number of hydrogen-bond acceptors (Lipinski definition) is 3. The summed E-state index contributed by atoms with van der Waals surface area (Å²) in [6.45, 7) is 0.339. The maximum atomic E-state index is 11.8. The fraction of sp³-hybridized carbons (Fsp3) is 0.176. The van der Waals surface area contributed by atoms with Crippen molar-refractivity contribution in [3.8, 4) is 5.75 Å². The molecule has 5 nitrogen and oxygen atoms in total. The summed E-state index contributed by atoms with van der Waals surface area (Å²) in [5, 5.41) is 3.69. The van der Waals surface area contributed by atoms with Crippen molar-refractivity contribution in [2.45, 2.75) is 6.42 Å². The van der Waals surface area contributed by atoms with E-state index >= 15 is 0 Å². The molecule has 0 aliphatic carbocycles. The van der Waals surface area contributed by atoms with Crippen LogP contribution >= 0.6 is 23.2 Å². The fourth-order valence-corrected chi connectivity index (χ4v) is 2.56. The van der Waals surface area contributed by atoms with Gasteiger partial charge in [0, 0.05) is 24.1 Å². The number of imidazole rings is 1. The molecular formula is C17H15Cl2N3O2. The van der Waals surface area contributed by atoms with Gasteiger partial charge in [0.1, 0.15) is 11.6 Å². The number of amides is 1. The first-order valence-electron chi connectivity index (χ1n) is 7.40. The Morgan fingerprint density at radius 1 is 1.21 bits per heavy atom. The highest BCUT2D eigenvalue weighted by molar-refractivity contribution is 6.34.